The third-order valence-corrected chi connectivity index (χ3v) is 2.74. The van der Waals surface area contributed by atoms with E-state index in [9.17, 15) is 4.79 Å². The van der Waals surface area contributed by atoms with E-state index >= 15 is 0 Å². The Balaban J connectivity index is 1.99. The minimum atomic E-state index is -0.309. The van der Waals surface area contributed by atoms with Gasteiger partial charge in [-0.05, 0) is 29.1 Å². The zero-order valence-electron chi connectivity index (χ0n) is 8.97. The van der Waals surface area contributed by atoms with Crippen molar-refractivity contribution in [1.29, 1.82) is 0 Å². The lowest BCUT2D eigenvalue weighted by molar-refractivity contribution is 0.455. The van der Waals surface area contributed by atoms with Crippen LogP contribution in [0.3, 0.4) is 0 Å². The first-order chi connectivity index (χ1) is 8.22. The van der Waals surface area contributed by atoms with Gasteiger partial charge in [-0.25, -0.2) is 4.79 Å². The molecule has 0 unspecified atom stereocenters. The highest BCUT2D eigenvalue weighted by Crippen LogP contribution is 2.15. The van der Waals surface area contributed by atoms with Crippen molar-refractivity contribution in [3.63, 3.8) is 0 Å². The SMILES string of the molecule is O=c1[nH]c(O)cn1Cc1ccc2[nH]ccc2c1. The van der Waals surface area contributed by atoms with Gasteiger partial charge in [0.2, 0.25) is 5.88 Å². The molecule has 3 rings (SSSR count). The van der Waals surface area contributed by atoms with Crippen molar-refractivity contribution in [2.24, 2.45) is 0 Å². The van der Waals surface area contributed by atoms with Crippen LogP contribution in [0.25, 0.3) is 10.9 Å². The quantitative estimate of drug-likeness (QED) is 0.621. The largest absolute Gasteiger partial charge is 0.493 e. The lowest BCUT2D eigenvalue weighted by Crippen LogP contribution is -2.16. The fourth-order valence-electron chi connectivity index (χ4n) is 1.94. The summed E-state index contributed by atoms with van der Waals surface area (Å²) in [6, 6.07) is 7.93. The maximum Gasteiger partial charge on any atom is 0.328 e. The molecule has 0 spiro atoms. The van der Waals surface area contributed by atoms with Crippen LogP contribution in [-0.4, -0.2) is 19.6 Å². The van der Waals surface area contributed by atoms with E-state index < -0.39 is 0 Å². The van der Waals surface area contributed by atoms with Crippen LogP contribution in [0, 0.1) is 0 Å². The molecule has 17 heavy (non-hydrogen) atoms. The molecule has 0 fully saturated rings. The van der Waals surface area contributed by atoms with Crippen LogP contribution in [-0.2, 0) is 6.54 Å². The summed E-state index contributed by atoms with van der Waals surface area (Å²) in [4.78, 5) is 16.8. The molecule has 0 saturated heterocycles. The van der Waals surface area contributed by atoms with Crippen LogP contribution < -0.4 is 5.69 Å². The topological polar surface area (TPSA) is 73.8 Å². The Kier molecular flexibility index (Phi) is 2.04. The molecule has 5 nitrogen and oxygen atoms in total. The second kappa shape index (κ2) is 3.55. The van der Waals surface area contributed by atoms with Crippen LogP contribution >= 0.6 is 0 Å². The Labute approximate surface area is 96.3 Å². The van der Waals surface area contributed by atoms with E-state index in [4.69, 9.17) is 5.11 Å². The summed E-state index contributed by atoms with van der Waals surface area (Å²) in [6.07, 6.45) is 3.27. The summed E-state index contributed by atoms with van der Waals surface area (Å²) in [5, 5.41) is 10.3. The summed E-state index contributed by atoms with van der Waals surface area (Å²) < 4.78 is 1.43. The van der Waals surface area contributed by atoms with Crippen molar-refractivity contribution in [3.05, 3.63) is 52.7 Å². The molecule has 0 bridgehead atoms. The number of aromatic nitrogens is 3. The van der Waals surface area contributed by atoms with E-state index in [1.165, 1.54) is 10.8 Å². The molecule has 86 valence electrons. The molecular formula is C12H11N3O2. The van der Waals surface area contributed by atoms with Crippen LogP contribution in [0.4, 0.5) is 0 Å². The van der Waals surface area contributed by atoms with E-state index in [1.807, 2.05) is 30.5 Å². The zero-order chi connectivity index (χ0) is 11.8. The molecule has 3 N–H and O–H groups in total. The van der Waals surface area contributed by atoms with E-state index in [1.54, 1.807) is 0 Å². The van der Waals surface area contributed by atoms with Crippen LogP contribution in [0.2, 0.25) is 0 Å². The van der Waals surface area contributed by atoms with E-state index in [0.717, 1.165) is 16.5 Å². The molecule has 5 heteroatoms. The predicted octanol–water partition coefficient (Wildman–Crippen LogP) is 1.41. The first-order valence-corrected chi connectivity index (χ1v) is 5.27. The summed E-state index contributed by atoms with van der Waals surface area (Å²) in [5.41, 5.74) is 1.77. The minimum Gasteiger partial charge on any atom is -0.493 e. The zero-order valence-corrected chi connectivity index (χ0v) is 8.97. The second-order valence-corrected chi connectivity index (χ2v) is 3.97. The van der Waals surface area contributed by atoms with Gasteiger partial charge in [-0.3, -0.25) is 9.55 Å². The smallest absolute Gasteiger partial charge is 0.328 e. The molecule has 0 saturated carbocycles. The normalized spacial score (nSPS) is 11.1. The highest BCUT2D eigenvalue weighted by Gasteiger charge is 2.03. The number of H-pyrrole nitrogens is 2. The van der Waals surface area contributed by atoms with Crippen molar-refractivity contribution in [2.75, 3.05) is 0 Å². The number of benzene rings is 1. The van der Waals surface area contributed by atoms with E-state index in [2.05, 4.69) is 9.97 Å². The number of imidazole rings is 1. The van der Waals surface area contributed by atoms with Gasteiger partial charge in [-0.2, -0.15) is 0 Å². The van der Waals surface area contributed by atoms with Gasteiger partial charge in [0.25, 0.3) is 0 Å². The van der Waals surface area contributed by atoms with Crippen LogP contribution in [0.1, 0.15) is 5.56 Å². The van der Waals surface area contributed by atoms with Gasteiger partial charge in [0.15, 0.2) is 0 Å². The summed E-state index contributed by atoms with van der Waals surface area (Å²) in [6.45, 7) is 0.441. The Hall–Kier alpha value is -2.43. The van der Waals surface area contributed by atoms with Gasteiger partial charge in [-0.1, -0.05) is 6.07 Å². The van der Waals surface area contributed by atoms with Crippen LogP contribution in [0.15, 0.2) is 41.5 Å². The predicted molar refractivity (Wildman–Crippen MR) is 64.1 cm³/mol. The lowest BCUT2D eigenvalue weighted by atomic mass is 10.1. The Morgan fingerprint density at radius 3 is 2.94 bits per heavy atom. The Bertz CT molecular complexity index is 721. The van der Waals surface area contributed by atoms with Crippen molar-refractivity contribution >= 4 is 10.9 Å². The van der Waals surface area contributed by atoms with Gasteiger partial charge >= 0.3 is 5.69 Å². The molecular weight excluding hydrogens is 218 g/mol. The van der Waals surface area contributed by atoms with Gasteiger partial charge in [0.1, 0.15) is 0 Å². The van der Waals surface area contributed by atoms with Gasteiger partial charge in [0.05, 0.1) is 12.7 Å². The maximum absolute atomic E-state index is 11.4. The number of nitrogens with zero attached hydrogens (tertiary/aromatic N) is 1. The van der Waals surface area contributed by atoms with Crippen molar-refractivity contribution in [3.8, 4) is 5.88 Å². The number of fused-ring (bicyclic) bond motifs is 1. The second-order valence-electron chi connectivity index (χ2n) is 3.97. The first kappa shape index (κ1) is 9.77. The standard InChI is InChI=1S/C12H11N3O2/c16-11-7-15(12(17)14-11)6-8-1-2-10-9(5-8)3-4-13-10/h1-5,7,13,16H,6H2,(H,14,17). The molecule has 0 aliphatic heterocycles. The molecule has 0 aliphatic rings. The van der Waals surface area contributed by atoms with Crippen molar-refractivity contribution in [1.82, 2.24) is 14.5 Å². The molecule has 0 atom stereocenters. The maximum atomic E-state index is 11.4. The number of hydrogen-bond donors (Lipinski definition) is 3. The number of rotatable bonds is 2. The summed E-state index contributed by atoms with van der Waals surface area (Å²) >= 11 is 0. The number of nitrogens with one attached hydrogen (secondary N) is 2. The Morgan fingerprint density at radius 1 is 1.29 bits per heavy atom. The summed E-state index contributed by atoms with van der Waals surface area (Å²) in [5.74, 6) is -0.113. The van der Waals surface area contributed by atoms with Gasteiger partial charge in [-0.15, -0.1) is 0 Å². The fraction of sp³-hybridized carbons (Fsp3) is 0.0833. The monoisotopic (exact) mass is 229 g/mol. The Morgan fingerprint density at radius 2 is 2.18 bits per heavy atom. The third-order valence-electron chi connectivity index (χ3n) is 2.74. The van der Waals surface area contributed by atoms with E-state index in [0.29, 0.717) is 6.54 Å². The number of aromatic hydroxyl groups is 1. The fourth-order valence-corrected chi connectivity index (χ4v) is 1.94. The highest BCUT2D eigenvalue weighted by atomic mass is 16.3. The molecule has 0 radical (unpaired) electrons. The average Bonchev–Trinajstić information content (AvgIpc) is 2.85. The first-order valence-electron chi connectivity index (χ1n) is 5.27. The number of hydrogen-bond acceptors (Lipinski definition) is 2. The number of aromatic amines is 2. The average molecular weight is 229 g/mol. The molecule has 0 amide bonds. The molecule has 2 heterocycles. The molecule has 2 aromatic heterocycles. The van der Waals surface area contributed by atoms with Crippen molar-refractivity contribution < 1.29 is 5.11 Å². The van der Waals surface area contributed by atoms with Gasteiger partial charge in [0, 0.05) is 11.7 Å². The molecule has 1 aromatic carbocycles. The van der Waals surface area contributed by atoms with Crippen LogP contribution in [0.5, 0.6) is 5.88 Å². The van der Waals surface area contributed by atoms with E-state index in [-0.39, 0.29) is 11.6 Å². The lowest BCUT2D eigenvalue weighted by Gasteiger charge is -2.01. The third kappa shape index (κ3) is 1.71. The van der Waals surface area contributed by atoms with Gasteiger partial charge < -0.3 is 10.1 Å². The minimum absolute atomic E-state index is 0.113. The molecule has 0 aliphatic carbocycles. The highest BCUT2D eigenvalue weighted by molar-refractivity contribution is 5.79. The summed E-state index contributed by atoms with van der Waals surface area (Å²) in [7, 11) is 0. The molecule has 3 aromatic rings. The van der Waals surface area contributed by atoms with Crippen molar-refractivity contribution in [2.45, 2.75) is 6.54 Å².